The lowest BCUT2D eigenvalue weighted by atomic mass is 10.2. The van der Waals surface area contributed by atoms with E-state index in [1.807, 2.05) is 19.1 Å². The molecule has 3 rings (SSSR count). The quantitative estimate of drug-likeness (QED) is 0.431. The van der Waals surface area contributed by atoms with E-state index in [9.17, 15) is 4.39 Å². The molecular weight excluding hydrogens is 442 g/mol. The molecule has 0 fully saturated rings. The van der Waals surface area contributed by atoms with E-state index in [0.29, 0.717) is 19.8 Å². The summed E-state index contributed by atoms with van der Waals surface area (Å²) in [6.45, 7) is 1.92. The van der Waals surface area contributed by atoms with Gasteiger partial charge >= 0.3 is 0 Å². The van der Waals surface area contributed by atoms with Gasteiger partial charge in [0.1, 0.15) is 5.82 Å². The fraction of sp³-hybridized carbons (Fsp3) is 0.0714. The molecule has 0 saturated carbocycles. The molecular formula is C14H8Br2ClFN2S. The first-order valence-corrected chi connectivity index (χ1v) is 8.31. The summed E-state index contributed by atoms with van der Waals surface area (Å²) >= 11 is 18.3. The number of aromatic nitrogens is 2. The number of nitrogens with zero attached hydrogens (tertiary/aromatic N) is 1. The maximum atomic E-state index is 13.9. The van der Waals surface area contributed by atoms with Gasteiger partial charge in [-0.1, -0.05) is 11.6 Å². The van der Waals surface area contributed by atoms with Gasteiger partial charge in [0.05, 0.1) is 21.2 Å². The lowest BCUT2D eigenvalue weighted by Crippen LogP contribution is -1.97. The first-order valence-electron chi connectivity index (χ1n) is 5.94. The maximum absolute atomic E-state index is 13.9. The van der Waals surface area contributed by atoms with E-state index in [2.05, 4.69) is 36.8 Å². The number of benzene rings is 2. The standard InChI is InChI=1S/C14H8Br2ClFN2S/c1-6-2-8(16)12(4-9(6)17)20-13-5-10(18)7(15)3-11(13)19-14(20)21/h2-5H,1H3,(H,19,21). The number of hydrogen-bond donors (Lipinski definition) is 1. The van der Waals surface area contributed by atoms with Gasteiger partial charge in [-0.3, -0.25) is 4.57 Å². The second kappa shape index (κ2) is 5.50. The Kier molecular flexibility index (Phi) is 3.98. The minimum atomic E-state index is -0.348. The SMILES string of the molecule is Cc1cc(Br)c(-n2c(=S)[nH]c3cc(Br)c(F)cc32)cc1Cl. The number of nitrogens with one attached hydrogen (secondary N) is 1. The van der Waals surface area contributed by atoms with Gasteiger partial charge in [-0.15, -0.1) is 0 Å². The molecule has 3 aromatic rings. The molecule has 0 spiro atoms. The molecule has 2 nitrogen and oxygen atoms in total. The second-order valence-corrected chi connectivity index (χ2v) is 7.10. The zero-order valence-electron chi connectivity index (χ0n) is 10.7. The van der Waals surface area contributed by atoms with E-state index in [0.717, 1.165) is 21.2 Å². The van der Waals surface area contributed by atoms with Crippen molar-refractivity contribution in [3.05, 3.63) is 54.4 Å². The maximum Gasteiger partial charge on any atom is 0.182 e. The van der Waals surface area contributed by atoms with Gasteiger partial charge in [0, 0.05) is 15.6 Å². The normalized spacial score (nSPS) is 11.3. The molecule has 108 valence electrons. The Morgan fingerprint density at radius 1 is 1.19 bits per heavy atom. The third kappa shape index (κ3) is 2.59. The van der Waals surface area contributed by atoms with Crippen LogP contribution < -0.4 is 0 Å². The van der Waals surface area contributed by atoms with Crippen molar-refractivity contribution in [1.29, 1.82) is 0 Å². The van der Waals surface area contributed by atoms with Crippen LogP contribution in [0.25, 0.3) is 16.7 Å². The molecule has 2 aromatic carbocycles. The minimum Gasteiger partial charge on any atom is -0.330 e. The predicted octanol–water partition coefficient (Wildman–Crippen LogP) is 6.31. The first-order chi connectivity index (χ1) is 9.88. The Morgan fingerprint density at radius 2 is 1.90 bits per heavy atom. The Labute approximate surface area is 147 Å². The van der Waals surface area contributed by atoms with Crippen LogP contribution in [0.5, 0.6) is 0 Å². The van der Waals surface area contributed by atoms with E-state index in [-0.39, 0.29) is 5.82 Å². The van der Waals surface area contributed by atoms with Crippen molar-refractivity contribution in [2.45, 2.75) is 6.92 Å². The van der Waals surface area contributed by atoms with Crippen LogP contribution in [0.15, 0.2) is 33.2 Å². The number of imidazole rings is 1. The molecule has 0 aliphatic heterocycles. The summed E-state index contributed by atoms with van der Waals surface area (Å²) in [7, 11) is 0. The molecule has 1 aromatic heterocycles. The van der Waals surface area contributed by atoms with Crippen molar-refractivity contribution in [2.75, 3.05) is 0 Å². The average molecular weight is 451 g/mol. The molecule has 0 aliphatic rings. The van der Waals surface area contributed by atoms with Crippen LogP contribution in [0.2, 0.25) is 5.02 Å². The Morgan fingerprint density at radius 3 is 2.62 bits per heavy atom. The van der Waals surface area contributed by atoms with Gasteiger partial charge < -0.3 is 4.98 Å². The van der Waals surface area contributed by atoms with Crippen LogP contribution in [0, 0.1) is 17.5 Å². The summed E-state index contributed by atoms with van der Waals surface area (Å²) < 4.78 is 17.3. The molecule has 7 heteroatoms. The molecule has 0 amide bonds. The Bertz CT molecular complexity index is 933. The van der Waals surface area contributed by atoms with E-state index < -0.39 is 0 Å². The van der Waals surface area contributed by atoms with Crippen molar-refractivity contribution in [2.24, 2.45) is 0 Å². The minimum absolute atomic E-state index is 0.348. The van der Waals surface area contributed by atoms with E-state index in [4.69, 9.17) is 23.8 Å². The number of fused-ring (bicyclic) bond motifs is 1. The summed E-state index contributed by atoms with van der Waals surface area (Å²) in [6.07, 6.45) is 0. The third-order valence-corrected chi connectivity index (χ3v) is 5.13. The van der Waals surface area contributed by atoms with Gasteiger partial charge in [0.15, 0.2) is 4.77 Å². The summed E-state index contributed by atoms with van der Waals surface area (Å²) in [4.78, 5) is 3.07. The highest BCUT2D eigenvalue weighted by atomic mass is 79.9. The summed E-state index contributed by atoms with van der Waals surface area (Å²) in [6, 6.07) is 6.82. The van der Waals surface area contributed by atoms with Gasteiger partial charge in [0.25, 0.3) is 0 Å². The van der Waals surface area contributed by atoms with Crippen LogP contribution in [-0.4, -0.2) is 9.55 Å². The summed E-state index contributed by atoms with van der Waals surface area (Å²) in [5.41, 5.74) is 3.12. The average Bonchev–Trinajstić information content (AvgIpc) is 2.70. The molecule has 0 atom stereocenters. The lowest BCUT2D eigenvalue weighted by molar-refractivity contribution is 0.622. The molecule has 0 unspecified atom stereocenters. The van der Waals surface area contributed by atoms with E-state index in [1.165, 1.54) is 6.07 Å². The van der Waals surface area contributed by atoms with Crippen molar-refractivity contribution in [1.82, 2.24) is 9.55 Å². The van der Waals surface area contributed by atoms with Gasteiger partial charge in [0.2, 0.25) is 0 Å². The zero-order valence-corrected chi connectivity index (χ0v) is 15.4. The summed E-state index contributed by atoms with van der Waals surface area (Å²) in [5.74, 6) is -0.348. The summed E-state index contributed by atoms with van der Waals surface area (Å²) in [5, 5.41) is 0.627. The zero-order chi connectivity index (χ0) is 15.3. The number of aromatic amines is 1. The van der Waals surface area contributed by atoms with Crippen LogP contribution >= 0.6 is 55.7 Å². The van der Waals surface area contributed by atoms with E-state index in [1.54, 1.807) is 10.6 Å². The lowest BCUT2D eigenvalue weighted by Gasteiger charge is -2.10. The van der Waals surface area contributed by atoms with Crippen LogP contribution in [0.3, 0.4) is 0 Å². The molecule has 1 heterocycles. The molecule has 0 radical (unpaired) electrons. The molecule has 21 heavy (non-hydrogen) atoms. The Balaban J connectivity index is 2.40. The molecule has 0 bridgehead atoms. The largest absolute Gasteiger partial charge is 0.330 e. The fourth-order valence-corrected chi connectivity index (χ4v) is 3.59. The highest BCUT2D eigenvalue weighted by Gasteiger charge is 2.13. The second-order valence-electron chi connectivity index (χ2n) is 4.60. The van der Waals surface area contributed by atoms with Crippen LogP contribution in [0.1, 0.15) is 5.56 Å². The van der Waals surface area contributed by atoms with Gasteiger partial charge in [-0.2, -0.15) is 0 Å². The predicted molar refractivity (Wildman–Crippen MR) is 93.6 cm³/mol. The highest BCUT2D eigenvalue weighted by molar-refractivity contribution is 9.10. The number of H-pyrrole nitrogens is 1. The van der Waals surface area contributed by atoms with Crippen molar-refractivity contribution in [3.8, 4) is 5.69 Å². The highest BCUT2D eigenvalue weighted by Crippen LogP contribution is 2.32. The number of hydrogen-bond acceptors (Lipinski definition) is 1. The number of halogens is 4. The van der Waals surface area contributed by atoms with Crippen molar-refractivity contribution in [3.63, 3.8) is 0 Å². The molecule has 0 saturated heterocycles. The fourth-order valence-electron chi connectivity index (χ4n) is 2.15. The number of aryl methyl sites for hydroxylation is 1. The molecule has 0 aliphatic carbocycles. The van der Waals surface area contributed by atoms with E-state index >= 15 is 0 Å². The van der Waals surface area contributed by atoms with Gasteiger partial charge in [-0.25, -0.2) is 4.39 Å². The van der Waals surface area contributed by atoms with Crippen LogP contribution in [0.4, 0.5) is 4.39 Å². The van der Waals surface area contributed by atoms with Crippen molar-refractivity contribution >= 4 is 66.7 Å². The topological polar surface area (TPSA) is 20.7 Å². The van der Waals surface area contributed by atoms with Crippen LogP contribution in [-0.2, 0) is 0 Å². The number of rotatable bonds is 1. The first kappa shape index (κ1) is 15.2. The Hall–Kier alpha value is -0.690. The monoisotopic (exact) mass is 448 g/mol. The third-order valence-electron chi connectivity index (χ3n) is 3.19. The van der Waals surface area contributed by atoms with Gasteiger partial charge in [-0.05, 0) is 74.8 Å². The van der Waals surface area contributed by atoms with Crippen molar-refractivity contribution < 1.29 is 4.39 Å². The molecule has 1 N–H and O–H groups in total. The smallest absolute Gasteiger partial charge is 0.182 e.